The van der Waals surface area contributed by atoms with Crippen molar-refractivity contribution < 1.29 is 15.3 Å². The molecule has 0 spiro atoms. The highest BCUT2D eigenvalue weighted by molar-refractivity contribution is 7.21. The first-order valence-electron chi connectivity index (χ1n) is 13.4. The highest BCUT2D eigenvalue weighted by atomic mass is 32.1. The van der Waals surface area contributed by atoms with Gasteiger partial charge in [-0.15, -0.1) is 11.3 Å². The zero-order valence-corrected chi connectivity index (χ0v) is 23.0. The molecule has 0 aliphatic heterocycles. The molecule has 3 aromatic heterocycles. The maximum absolute atomic E-state index is 11.1. The van der Waals surface area contributed by atoms with E-state index in [0.717, 1.165) is 32.2 Å². The first-order valence-corrected chi connectivity index (χ1v) is 14.2. The summed E-state index contributed by atoms with van der Waals surface area (Å²) in [6, 6.07) is 1.74. The Morgan fingerprint density at radius 2 is 1.81 bits per heavy atom. The molecule has 2 saturated carbocycles. The molecule has 2 aliphatic rings. The summed E-state index contributed by atoms with van der Waals surface area (Å²) in [5.74, 6) is 1.29. The van der Waals surface area contributed by atoms with Crippen LogP contribution in [0.4, 0.5) is 11.8 Å². The van der Waals surface area contributed by atoms with E-state index in [1.54, 1.807) is 17.5 Å². The van der Waals surface area contributed by atoms with Crippen molar-refractivity contribution in [2.45, 2.75) is 96.6 Å². The van der Waals surface area contributed by atoms with E-state index in [2.05, 4.69) is 22.5 Å². The minimum absolute atomic E-state index is 0.265. The fraction of sp³-hybridized carbons (Fsp3) is 0.630. The van der Waals surface area contributed by atoms with Crippen molar-refractivity contribution in [2.75, 3.05) is 10.6 Å². The van der Waals surface area contributed by atoms with Gasteiger partial charge < -0.3 is 26.0 Å². The fourth-order valence-electron chi connectivity index (χ4n) is 5.66. The van der Waals surface area contributed by atoms with Gasteiger partial charge in [-0.3, -0.25) is 4.98 Å². The molecular weight excluding hydrogens is 488 g/mol. The van der Waals surface area contributed by atoms with Crippen LogP contribution in [0.1, 0.15) is 64.3 Å². The predicted octanol–water partition coefficient (Wildman–Crippen LogP) is 4.05. The van der Waals surface area contributed by atoms with Crippen LogP contribution in [0.5, 0.6) is 0 Å². The molecule has 10 heteroatoms. The number of rotatable bonds is 9. The lowest BCUT2D eigenvalue weighted by Crippen LogP contribution is -2.43. The van der Waals surface area contributed by atoms with Crippen LogP contribution in [0.25, 0.3) is 20.8 Å². The van der Waals surface area contributed by atoms with Crippen molar-refractivity contribution in [2.24, 2.45) is 11.8 Å². The second-order valence-corrected chi connectivity index (χ2v) is 11.8. The molecule has 0 amide bonds. The molecule has 37 heavy (non-hydrogen) atoms. The molecule has 0 bridgehead atoms. The van der Waals surface area contributed by atoms with Crippen LogP contribution in [-0.4, -0.2) is 65.1 Å². The van der Waals surface area contributed by atoms with Gasteiger partial charge in [0.15, 0.2) is 0 Å². The smallest absolute Gasteiger partial charge is 0.225 e. The van der Waals surface area contributed by atoms with Gasteiger partial charge in [0.2, 0.25) is 5.95 Å². The van der Waals surface area contributed by atoms with Crippen molar-refractivity contribution in [3.05, 3.63) is 23.7 Å². The first kappa shape index (κ1) is 26.2. The molecule has 2 fully saturated rings. The summed E-state index contributed by atoms with van der Waals surface area (Å²) in [7, 11) is 0. The van der Waals surface area contributed by atoms with Gasteiger partial charge >= 0.3 is 0 Å². The minimum Gasteiger partial charge on any atom is -0.390 e. The van der Waals surface area contributed by atoms with Gasteiger partial charge in [-0.1, -0.05) is 13.8 Å². The third-order valence-corrected chi connectivity index (χ3v) is 9.44. The van der Waals surface area contributed by atoms with Crippen molar-refractivity contribution in [3.8, 4) is 10.6 Å². The summed E-state index contributed by atoms with van der Waals surface area (Å²) >= 11 is 1.56. The molecule has 1 unspecified atom stereocenters. The summed E-state index contributed by atoms with van der Waals surface area (Å²) in [5, 5.41) is 40.7. The van der Waals surface area contributed by atoms with Gasteiger partial charge in [0.05, 0.1) is 39.4 Å². The lowest BCUT2D eigenvalue weighted by Gasteiger charge is -2.34. The van der Waals surface area contributed by atoms with E-state index in [1.165, 1.54) is 12.8 Å². The highest BCUT2D eigenvalue weighted by Crippen LogP contribution is 2.42. The molecule has 200 valence electrons. The molecule has 3 aromatic rings. The van der Waals surface area contributed by atoms with Gasteiger partial charge in [0, 0.05) is 18.2 Å². The van der Waals surface area contributed by atoms with E-state index in [4.69, 9.17) is 15.0 Å². The van der Waals surface area contributed by atoms with Crippen LogP contribution in [0.15, 0.2) is 12.3 Å². The van der Waals surface area contributed by atoms with Gasteiger partial charge in [-0.25, -0.2) is 9.97 Å². The summed E-state index contributed by atoms with van der Waals surface area (Å²) < 4.78 is 1.03. The molecule has 0 saturated heterocycles. The number of nitrogens with one attached hydrogen (secondary N) is 2. The molecular formula is C27H38N6O3S. The summed E-state index contributed by atoms with van der Waals surface area (Å²) in [6.45, 7) is 9.87. The molecule has 3 heterocycles. The molecule has 5 rings (SSSR count). The number of aliphatic hydroxyl groups is 3. The maximum atomic E-state index is 11.1. The zero-order chi connectivity index (χ0) is 26.5. The highest BCUT2D eigenvalue weighted by Gasteiger charge is 2.50. The van der Waals surface area contributed by atoms with Crippen LogP contribution in [0.3, 0.4) is 0 Å². The SMILES string of the molecule is CCC(O)(CC)[C@H]1CC(Nc2nc(N[C@H](C)C3CC3)nc(C)c2-c2nc3c(C)nccc3s2)[C@H](O)[C@@H]1O. The molecule has 5 N–H and O–H groups in total. The summed E-state index contributed by atoms with van der Waals surface area (Å²) in [4.78, 5) is 18.9. The third kappa shape index (κ3) is 4.92. The van der Waals surface area contributed by atoms with Gasteiger partial charge in [-0.2, -0.15) is 4.98 Å². The Kier molecular flexibility index (Phi) is 7.12. The van der Waals surface area contributed by atoms with Crippen molar-refractivity contribution >= 4 is 33.3 Å². The topological polar surface area (TPSA) is 136 Å². The lowest BCUT2D eigenvalue weighted by molar-refractivity contribution is -0.0843. The van der Waals surface area contributed by atoms with E-state index in [-0.39, 0.29) is 6.04 Å². The molecule has 0 aromatic carbocycles. The molecule has 2 aliphatic carbocycles. The molecule has 9 nitrogen and oxygen atoms in total. The lowest BCUT2D eigenvalue weighted by atomic mass is 9.80. The Bertz CT molecular complexity index is 1270. The second kappa shape index (κ2) is 10.1. The normalized spacial score (nSPS) is 25.0. The van der Waals surface area contributed by atoms with Crippen LogP contribution >= 0.6 is 11.3 Å². The largest absolute Gasteiger partial charge is 0.390 e. The van der Waals surface area contributed by atoms with E-state index in [1.807, 2.05) is 33.8 Å². The number of hydrogen-bond acceptors (Lipinski definition) is 10. The quantitative estimate of drug-likeness (QED) is 0.280. The Morgan fingerprint density at radius 1 is 1.08 bits per heavy atom. The Morgan fingerprint density at radius 3 is 2.46 bits per heavy atom. The summed E-state index contributed by atoms with van der Waals surface area (Å²) in [5.41, 5.74) is 2.23. The Hall–Kier alpha value is -2.40. The van der Waals surface area contributed by atoms with E-state index in [9.17, 15) is 15.3 Å². The van der Waals surface area contributed by atoms with Crippen molar-refractivity contribution in [3.63, 3.8) is 0 Å². The summed E-state index contributed by atoms with van der Waals surface area (Å²) in [6.07, 6.45) is 3.57. The Balaban J connectivity index is 1.53. The van der Waals surface area contributed by atoms with Crippen LogP contribution in [0, 0.1) is 25.7 Å². The number of aliphatic hydroxyl groups excluding tert-OH is 2. The predicted molar refractivity (Wildman–Crippen MR) is 147 cm³/mol. The zero-order valence-electron chi connectivity index (χ0n) is 22.2. The number of thiazole rings is 1. The third-order valence-electron chi connectivity index (χ3n) is 8.40. The van der Waals surface area contributed by atoms with Crippen molar-refractivity contribution in [1.29, 1.82) is 0 Å². The van der Waals surface area contributed by atoms with Gasteiger partial charge in [-0.05, 0) is 64.9 Å². The number of fused-ring (bicyclic) bond motifs is 1. The van der Waals surface area contributed by atoms with Crippen LogP contribution < -0.4 is 10.6 Å². The number of nitrogens with zero attached hydrogens (tertiary/aromatic N) is 4. The van der Waals surface area contributed by atoms with Crippen LogP contribution in [0.2, 0.25) is 0 Å². The molecule has 5 atom stereocenters. The number of hydrogen-bond donors (Lipinski definition) is 5. The Labute approximate surface area is 221 Å². The number of aromatic nitrogens is 4. The fourth-order valence-corrected chi connectivity index (χ4v) is 6.78. The standard InChI is InChI=1S/C27H38N6O3S/c1-6-27(36,7-2)17-12-18(23(35)22(17)34)31-24-20(25-32-21-15(5)28-11-10-19(21)37-25)14(4)30-26(33-24)29-13(3)16-8-9-16/h10-11,13,16-18,22-23,34-36H,6-9,12H2,1-5H3,(H2,29,30,31,33)/t13-,17+,18?,22-,23+/m1/s1. The molecule has 0 radical (unpaired) electrons. The monoisotopic (exact) mass is 526 g/mol. The number of anilines is 2. The van der Waals surface area contributed by atoms with E-state index >= 15 is 0 Å². The van der Waals surface area contributed by atoms with Gasteiger partial charge in [0.1, 0.15) is 22.4 Å². The average molecular weight is 527 g/mol. The maximum Gasteiger partial charge on any atom is 0.225 e. The average Bonchev–Trinajstić information content (AvgIpc) is 3.58. The van der Waals surface area contributed by atoms with Crippen LogP contribution in [-0.2, 0) is 0 Å². The van der Waals surface area contributed by atoms with Crippen molar-refractivity contribution in [1.82, 2.24) is 19.9 Å². The minimum atomic E-state index is -1.04. The number of pyridine rings is 1. The second-order valence-electron chi connectivity index (χ2n) is 10.8. The number of aryl methyl sites for hydroxylation is 2. The first-order chi connectivity index (χ1) is 17.6. The van der Waals surface area contributed by atoms with Gasteiger partial charge in [0.25, 0.3) is 0 Å². The van der Waals surface area contributed by atoms with E-state index in [0.29, 0.717) is 36.9 Å². The van der Waals surface area contributed by atoms with E-state index < -0.39 is 29.8 Å².